The Kier molecular flexibility index (Phi) is 4.91. The summed E-state index contributed by atoms with van der Waals surface area (Å²) in [4.78, 5) is 11.5. The van der Waals surface area contributed by atoms with Crippen molar-refractivity contribution in [3.8, 4) is 5.69 Å². The van der Waals surface area contributed by atoms with Crippen LogP contribution in [0, 0.1) is 19.3 Å². The zero-order valence-electron chi connectivity index (χ0n) is 20.5. The predicted molar refractivity (Wildman–Crippen MR) is 136 cm³/mol. The van der Waals surface area contributed by atoms with Gasteiger partial charge < -0.3 is 14.5 Å². The van der Waals surface area contributed by atoms with E-state index in [0.29, 0.717) is 24.7 Å². The minimum atomic E-state index is -1.30. The average molecular weight is 510 g/mol. The number of halogens is 2. The van der Waals surface area contributed by atoms with Crippen molar-refractivity contribution in [1.29, 1.82) is 0 Å². The Bertz CT molecular complexity index is 1320. The van der Waals surface area contributed by atoms with Gasteiger partial charge in [0.15, 0.2) is 11.5 Å². The molecule has 1 aromatic carbocycles. The number of rotatable bonds is 4. The molecular formula is C26H29ClFN7O. The Hall–Kier alpha value is -2.75. The summed E-state index contributed by atoms with van der Waals surface area (Å²) in [7, 11) is 0. The number of alkyl halides is 1. The lowest BCUT2D eigenvalue weighted by Gasteiger charge is -2.60. The van der Waals surface area contributed by atoms with E-state index in [-0.39, 0.29) is 18.6 Å². The van der Waals surface area contributed by atoms with Crippen LogP contribution in [-0.2, 0) is 17.8 Å². The molecule has 0 unspecified atom stereocenters. The van der Waals surface area contributed by atoms with Crippen LogP contribution in [0.15, 0.2) is 30.3 Å². The van der Waals surface area contributed by atoms with Gasteiger partial charge in [0, 0.05) is 55.4 Å². The molecule has 0 aliphatic carbocycles. The number of fused-ring (bicyclic) bond motifs is 3. The van der Waals surface area contributed by atoms with Crippen molar-refractivity contribution in [2.75, 3.05) is 55.7 Å². The Morgan fingerprint density at radius 1 is 1.00 bits per heavy atom. The van der Waals surface area contributed by atoms with Crippen molar-refractivity contribution in [3.63, 3.8) is 0 Å². The number of aryl methyl sites for hydroxylation is 2. The molecule has 4 aliphatic heterocycles. The van der Waals surface area contributed by atoms with E-state index in [2.05, 4.69) is 48.5 Å². The topological polar surface area (TPSA) is 62.6 Å². The Morgan fingerprint density at radius 3 is 2.50 bits per heavy atom. The first-order valence-electron chi connectivity index (χ1n) is 12.5. The van der Waals surface area contributed by atoms with Crippen LogP contribution >= 0.6 is 11.6 Å². The van der Waals surface area contributed by atoms with Gasteiger partial charge in [0.1, 0.15) is 5.82 Å². The summed E-state index contributed by atoms with van der Waals surface area (Å²) < 4.78 is 22.2. The molecule has 4 aliphatic rings. The van der Waals surface area contributed by atoms with E-state index < -0.39 is 5.67 Å². The lowest BCUT2D eigenvalue weighted by molar-refractivity contribution is -0.142. The quantitative estimate of drug-likeness (QED) is 0.534. The van der Waals surface area contributed by atoms with E-state index in [9.17, 15) is 4.39 Å². The van der Waals surface area contributed by atoms with Gasteiger partial charge in [-0.3, -0.25) is 9.47 Å². The van der Waals surface area contributed by atoms with Crippen LogP contribution in [0.2, 0.25) is 5.02 Å². The monoisotopic (exact) mass is 509 g/mol. The predicted octanol–water partition coefficient (Wildman–Crippen LogP) is 3.31. The van der Waals surface area contributed by atoms with Crippen molar-refractivity contribution >= 4 is 23.4 Å². The lowest BCUT2D eigenvalue weighted by Crippen LogP contribution is -2.73. The number of ether oxygens (including phenoxy) is 1. The first kappa shape index (κ1) is 22.4. The zero-order valence-corrected chi connectivity index (χ0v) is 21.3. The Labute approximate surface area is 214 Å². The van der Waals surface area contributed by atoms with E-state index in [0.717, 1.165) is 60.7 Å². The fourth-order valence-corrected chi connectivity index (χ4v) is 6.39. The SMILES string of the molecule is Cc1cc(C)nc(N2CC3(C2)CN(c2nnc4n2-c2ccc(Cl)cc2CN(CC2(F)COC2)C4)C3)c1. The van der Waals surface area contributed by atoms with Gasteiger partial charge in [-0.1, -0.05) is 11.6 Å². The number of hydrogen-bond donors (Lipinski definition) is 0. The molecule has 6 heterocycles. The van der Waals surface area contributed by atoms with Gasteiger partial charge in [-0.15, -0.1) is 10.2 Å². The van der Waals surface area contributed by atoms with Crippen LogP contribution in [0.4, 0.5) is 16.2 Å². The molecule has 8 nitrogen and oxygen atoms in total. The summed E-state index contributed by atoms with van der Waals surface area (Å²) in [6, 6.07) is 10.2. The maximum Gasteiger partial charge on any atom is 0.231 e. The summed E-state index contributed by atoms with van der Waals surface area (Å²) in [6.07, 6.45) is 0. The van der Waals surface area contributed by atoms with Gasteiger partial charge in [0.05, 0.1) is 25.4 Å². The number of aromatic nitrogens is 4. The third-order valence-corrected chi connectivity index (χ3v) is 8.01. The second-order valence-electron chi connectivity index (χ2n) is 11.2. The second kappa shape index (κ2) is 7.87. The van der Waals surface area contributed by atoms with Crippen LogP contribution in [-0.4, -0.2) is 76.3 Å². The van der Waals surface area contributed by atoms with Crippen molar-refractivity contribution in [1.82, 2.24) is 24.6 Å². The van der Waals surface area contributed by atoms with Crippen molar-refractivity contribution < 1.29 is 9.13 Å². The first-order valence-corrected chi connectivity index (χ1v) is 12.8. The molecule has 3 aromatic rings. The molecule has 3 saturated heterocycles. The molecule has 0 saturated carbocycles. The molecule has 0 radical (unpaired) electrons. The van der Waals surface area contributed by atoms with Crippen molar-refractivity contribution in [2.24, 2.45) is 5.41 Å². The number of nitrogens with zero attached hydrogens (tertiary/aromatic N) is 7. The smallest absolute Gasteiger partial charge is 0.231 e. The molecule has 7 rings (SSSR count). The summed E-state index contributed by atoms with van der Waals surface area (Å²) in [5, 5.41) is 9.84. The molecular weight excluding hydrogens is 481 g/mol. The number of pyridine rings is 1. The standard InChI is InChI=1S/C26H29ClFN7O/c1-17-5-18(2)29-22(6-17)33-10-25(11-33)12-34(13-25)24-31-30-23-9-32(14-26(28)15-36-16-26)8-19-7-20(27)3-4-21(19)35(23)24/h3-7H,8-16H2,1-2H3. The molecule has 3 fully saturated rings. The van der Waals surface area contributed by atoms with Crippen molar-refractivity contribution in [3.05, 3.63) is 58.0 Å². The van der Waals surface area contributed by atoms with E-state index in [1.165, 1.54) is 5.56 Å². The molecule has 2 aromatic heterocycles. The Balaban J connectivity index is 1.12. The maximum atomic E-state index is 14.9. The number of anilines is 2. The third-order valence-electron chi connectivity index (χ3n) is 7.78. The molecule has 0 N–H and O–H groups in total. The van der Waals surface area contributed by atoms with E-state index in [4.69, 9.17) is 21.3 Å². The normalized spacial score (nSPS) is 21.8. The largest absolute Gasteiger partial charge is 0.375 e. The molecule has 36 heavy (non-hydrogen) atoms. The highest BCUT2D eigenvalue weighted by Gasteiger charge is 2.53. The van der Waals surface area contributed by atoms with Gasteiger partial charge in [0.2, 0.25) is 5.95 Å². The van der Waals surface area contributed by atoms with Crippen LogP contribution in [0.1, 0.15) is 22.6 Å². The van der Waals surface area contributed by atoms with E-state index in [1.54, 1.807) is 0 Å². The summed E-state index contributed by atoms with van der Waals surface area (Å²) >= 11 is 6.37. The van der Waals surface area contributed by atoms with Gasteiger partial charge in [-0.05, 0) is 55.3 Å². The van der Waals surface area contributed by atoms with Gasteiger partial charge >= 0.3 is 0 Å². The van der Waals surface area contributed by atoms with Gasteiger partial charge in [-0.25, -0.2) is 9.37 Å². The molecule has 188 valence electrons. The average Bonchev–Trinajstić information content (AvgIpc) is 3.06. The maximum absolute atomic E-state index is 14.9. The lowest BCUT2D eigenvalue weighted by atomic mass is 9.73. The summed E-state index contributed by atoms with van der Waals surface area (Å²) in [5.74, 6) is 2.75. The number of benzene rings is 1. The Morgan fingerprint density at radius 2 is 1.78 bits per heavy atom. The minimum absolute atomic E-state index is 0.147. The molecule has 0 bridgehead atoms. The second-order valence-corrected chi connectivity index (χ2v) is 11.6. The van der Waals surface area contributed by atoms with Crippen molar-refractivity contribution in [2.45, 2.75) is 32.6 Å². The van der Waals surface area contributed by atoms with E-state index in [1.807, 2.05) is 25.1 Å². The van der Waals surface area contributed by atoms with E-state index >= 15 is 0 Å². The minimum Gasteiger partial charge on any atom is -0.375 e. The molecule has 1 spiro atoms. The number of hydrogen-bond acceptors (Lipinski definition) is 7. The van der Waals surface area contributed by atoms with Crippen LogP contribution in [0.5, 0.6) is 0 Å². The van der Waals surface area contributed by atoms with Crippen LogP contribution < -0.4 is 9.80 Å². The summed E-state index contributed by atoms with van der Waals surface area (Å²) in [6.45, 7) is 9.76. The van der Waals surface area contributed by atoms with Crippen LogP contribution in [0.25, 0.3) is 5.69 Å². The fourth-order valence-electron chi connectivity index (χ4n) is 6.20. The van der Waals surface area contributed by atoms with Crippen LogP contribution in [0.3, 0.4) is 0 Å². The fraction of sp³-hybridized carbons (Fsp3) is 0.500. The summed E-state index contributed by atoms with van der Waals surface area (Å²) in [5.41, 5.74) is 3.33. The van der Waals surface area contributed by atoms with Gasteiger partial charge in [-0.2, -0.15) is 0 Å². The first-order chi connectivity index (χ1) is 17.3. The molecule has 0 atom stereocenters. The highest BCUT2D eigenvalue weighted by molar-refractivity contribution is 6.30. The highest BCUT2D eigenvalue weighted by atomic mass is 35.5. The molecule has 0 amide bonds. The zero-order chi connectivity index (χ0) is 24.7. The highest BCUT2D eigenvalue weighted by Crippen LogP contribution is 2.44. The molecule has 10 heteroatoms. The third kappa shape index (κ3) is 3.67. The van der Waals surface area contributed by atoms with Gasteiger partial charge in [0.25, 0.3) is 0 Å².